The standard InChI is InChI=1S/C11H14N4O3S/c1-7(8-3-2-5-18-8)12-9-10(15(16)17)14-4-6-19-11(14)13-9/h4,6-8,12H,2-3,5H2,1H3. The number of nitrogens with one attached hydrogen (secondary N) is 1. The number of rotatable bonds is 4. The van der Waals surface area contributed by atoms with Crippen molar-refractivity contribution >= 4 is 27.9 Å². The largest absolute Gasteiger partial charge is 0.376 e. The number of imidazole rings is 1. The number of hydrogen-bond donors (Lipinski definition) is 1. The van der Waals surface area contributed by atoms with Gasteiger partial charge in [-0.1, -0.05) is 11.3 Å². The van der Waals surface area contributed by atoms with E-state index in [-0.39, 0.29) is 18.0 Å². The molecule has 2 aromatic heterocycles. The maximum atomic E-state index is 11.2. The summed E-state index contributed by atoms with van der Waals surface area (Å²) >= 11 is 1.38. The van der Waals surface area contributed by atoms with Crippen LogP contribution >= 0.6 is 11.3 Å². The first-order valence-electron chi connectivity index (χ1n) is 6.15. The van der Waals surface area contributed by atoms with Gasteiger partial charge in [-0.25, -0.2) is 0 Å². The van der Waals surface area contributed by atoms with Crippen LogP contribution in [0.3, 0.4) is 0 Å². The monoisotopic (exact) mass is 282 g/mol. The van der Waals surface area contributed by atoms with Crippen molar-refractivity contribution in [3.8, 4) is 0 Å². The van der Waals surface area contributed by atoms with E-state index < -0.39 is 4.92 Å². The quantitative estimate of drug-likeness (QED) is 0.687. The van der Waals surface area contributed by atoms with E-state index in [9.17, 15) is 10.1 Å². The molecule has 0 radical (unpaired) electrons. The number of fused-ring (bicyclic) bond motifs is 1. The zero-order valence-corrected chi connectivity index (χ0v) is 11.2. The third-order valence-electron chi connectivity index (χ3n) is 3.30. The van der Waals surface area contributed by atoms with Gasteiger partial charge in [-0.3, -0.25) is 0 Å². The molecule has 2 aromatic rings. The lowest BCUT2D eigenvalue weighted by atomic mass is 10.1. The van der Waals surface area contributed by atoms with Gasteiger partial charge in [0.1, 0.15) is 6.20 Å². The number of hydrogen-bond acceptors (Lipinski definition) is 6. The first-order valence-corrected chi connectivity index (χ1v) is 7.03. The Labute approximate surface area is 113 Å². The highest BCUT2D eigenvalue weighted by atomic mass is 32.1. The topological polar surface area (TPSA) is 81.7 Å². The lowest BCUT2D eigenvalue weighted by Crippen LogP contribution is -2.30. The maximum absolute atomic E-state index is 11.2. The highest BCUT2D eigenvalue weighted by molar-refractivity contribution is 7.15. The summed E-state index contributed by atoms with van der Waals surface area (Å²) in [6.45, 7) is 2.73. The number of aromatic nitrogens is 2. The number of thiazole rings is 1. The second-order valence-corrected chi connectivity index (χ2v) is 5.45. The van der Waals surface area contributed by atoms with E-state index in [2.05, 4.69) is 10.3 Å². The Hall–Kier alpha value is -1.67. The van der Waals surface area contributed by atoms with Crippen molar-refractivity contribution in [3.63, 3.8) is 0 Å². The molecule has 19 heavy (non-hydrogen) atoms. The highest BCUT2D eigenvalue weighted by Crippen LogP contribution is 2.29. The van der Waals surface area contributed by atoms with Gasteiger partial charge >= 0.3 is 5.82 Å². The SMILES string of the molecule is CC(Nc1nc2sccn2c1[N+](=O)[O-])C1CCCO1. The van der Waals surface area contributed by atoms with Crippen LogP contribution in [0.4, 0.5) is 11.6 Å². The Morgan fingerprint density at radius 1 is 1.74 bits per heavy atom. The highest BCUT2D eigenvalue weighted by Gasteiger charge is 2.28. The molecule has 1 aliphatic heterocycles. The lowest BCUT2D eigenvalue weighted by Gasteiger charge is -2.19. The van der Waals surface area contributed by atoms with Gasteiger partial charge in [0.05, 0.1) is 12.1 Å². The summed E-state index contributed by atoms with van der Waals surface area (Å²) in [5, 5.41) is 16.1. The molecule has 2 atom stereocenters. The van der Waals surface area contributed by atoms with Crippen LogP contribution in [-0.4, -0.2) is 33.1 Å². The number of ether oxygens (including phenoxy) is 1. The zero-order chi connectivity index (χ0) is 13.4. The summed E-state index contributed by atoms with van der Waals surface area (Å²) < 4.78 is 7.07. The van der Waals surface area contributed by atoms with E-state index in [4.69, 9.17) is 4.74 Å². The average molecular weight is 282 g/mol. The van der Waals surface area contributed by atoms with E-state index in [1.54, 1.807) is 11.6 Å². The van der Waals surface area contributed by atoms with Crippen LogP contribution in [0.2, 0.25) is 0 Å². The molecular weight excluding hydrogens is 268 g/mol. The normalized spacial score (nSPS) is 20.8. The molecule has 0 amide bonds. The van der Waals surface area contributed by atoms with E-state index in [0.29, 0.717) is 10.8 Å². The fourth-order valence-electron chi connectivity index (χ4n) is 2.35. The van der Waals surface area contributed by atoms with E-state index in [0.717, 1.165) is 19.4 Å². The summed E-state index contributed by atoms with van der Waals surface area (Å²) in [6.07, 6.45) is 3.77. The Kier molecular flexibility index (Phi) is 3.11. The van der Waals surface area contributed by atoms with Gasteiger partial charge in [-0.05, 0) is 24.7 Å². The molecule has 2 unspecified atom stereocenters. The molecule has 0 saturated carbocycles. The van der Waals surface area contributed by atoms with Crippen LogP contribution in [0, 0.1) is 10.1 Å². The van der Waals surface area contributed by atoms with E-state index in [1.165, 1.54) is 15.7 Å². The van der Waals surface area contributed by atoms with Crippen LogP contribution < -0.4 is 5.32 Å². The van der Waals surface area contributed by atoms with Gasteiger partial charge in [-0.15, -0.1) is 0 Å². The molecule has 1 fully saturated rings. The van der Waals surface area contributed by atoms with Crippen molar-refractivity contribution in [2.45, 2.75) is 31.9 Å². The molecular formula is C11H14N4O3S. The molecule has 3 rings (SSSR count). The van der Waals surface area contributed by atoms with Crippen LogP contribution in [0.15, 0.2) is 11.6 Å². The number of nitrogens with zero attached hydrogens (tertiary/aromatic N) is 3. The zero-order valence-electron chi connectivity index (χ0n) is 10.4. The van der Waals surface area contributed by atoms with Crippen LogP contribution in [0.25, 0.3) is 4.96 Å². The summed E-state index contributed by atoms with van der Waals surface area (Å²) in [7, 11) is 0. The van der Waals surface area contributed by atoms with Crippen molar-refractivity contribution in [3.05, 3.63) is 21.7 Å². The number of anilines is 1. The van der Waals surface area contributed by atoms with Crippen molar-refractivity contribution in [1.82, 2.24) is 9.38 Å². The molecule has 1 saturated heterocycles. The van der Waals surface area contributed by atoms with Gasteiger partial charge in [0.15, 0.2) is 0 Å². The summed E-state index contributed by atoms with van der Waals surface area (Å²) in [5.74, 6) is 0.306. The first kappa shape index (κ1) is 12.4. The Balaban J connectivity index is 1.89. The predicted molar refractivity (Wildman–Crippen MR) is 71.8 cm³/mol. The summed E-state index contributed by atoms with van der Waals surface area (Å²) in [4.78, 5) is 15.7. The molecule has 0 bridgehead atoms. The van der Waals surface area contributed by atoms with E-state index >= 15 is 0 Å². The van der Waals surface area contributed by atoms with Crippen molar-refractivity contribution in [1.29, 1.82) is 0 Å². The molecule has 1 aliphatic rings. The number of nitro groups is 1. The van der Waals surface area contributed by atoms with Gasteiger partial charge in [0, 0.05) is 12.0 Å². The van der Waals surface area contributed by atoms with Crippen molar-refractivity contribution in [2.75, 3.05) is 11.9 Å². The minimum absolute atomic E-state index is 0.00538. The smallest absolute Gasteiger partial charge is 0.372 e. The van der Waals surface area contributed by atoms with Gasteiger partial charge in [0.25, 0.3) is 4.96 Å². The minimum Gasteiger partial charge on any atom is -0.376 e. The fourth-order valence-corrected chi connectivity index (χ4v) is 3.06. The van der Waals surface area contributed by atoms with Crippen LogP contribution in [0.5, 0.6) is 0 Å². The third-order valence-corrected chi connectivity index (χ3v) is 4.05. The van der Waals surface area contributed by atoms with Gasteiger partial charge < -0.3 is 20.2 Å². The van der Waals surface area contributed by atoms with Gasteiger partial charge in [0.2, 0.25) is 5.82 Å². The third kappa shape index (κ3) is 2.17. The molecule has 8 heteroatoms. The molecule has 1 N–H and O–H groups in total. The Morgan fingerprint density at radius 2 is 2.58 bits per heavy atom. The minimum atomic E-state index is -0.405. The molecule has 7 nitrogen and oxygen atoms in total. The summed E-state index contributed by atoms with van der Waals surface area (Å²) in [5.41, 5.74) is 0. The summed E-state index contributed by atoms with van der Waals surface area (Å²) in [6, 6.07) is 0.00538. The molecule has 0 spiro atoms. The van der Waals surface area contributed by atoms with Crippen molar-refractivity contribution in [2.24, 2.45) is 0 Å². The average Bonchev–Trinajstić information content (AvgIpc) is 3.03. The molecule has 0 aliphatic carbocycles. The fraction of sp³-hybridized carbons (Fsp3) is 0.545. The molecule has 3 heterocycles. The lowest BCUT2D eigenvalue weighted by molar-refractivity contribution is -0.389. The molecule has 102 valence electrons. The van der Waals surface area contributed by atoms with Crippen molar-refractivity contribution < 1.29 is 9.66 Å². The predicted octanol–water partition coefficient (Wildman–Crippen LogP) is 2.28. The molecule has 0 aromatic carbocycles. The van der Waals surface area contributed by atoms with Gasteiger partial charge in [-0.2, -0.15) is 9.38 Å². The second kappa shape index (κ2) is 4.78. The Morgan fingerprint density at radius 3 is 3.26 bits per heavy atom. The Bertz CT molecular complexity index is 602. The van der Waals surface area contributed by atoms with E-state index in [1.807, 2.05) is 6.92 Å². The maximum Gasteiger partial charge on any atom is 0.372 e. The first-order chi connectivity index (χ1) is 9.16. The van der Waals surface area contributed by atoms with Crippen LogP contribution in [-0.2, 0) is 4.74 Å². The second-order valence-electron chi connectivity index (χ2n) is 4.58. The van der Waals surface area contributed by atoms with Crippen LogP contribution in [0.1, 0.15) is 19.8 Å².